The van der Waals surface area contributed by atoms with E-state index in [1.54, 1.807) is 0 Å². The van der Waals surface area contributed by atoms with Crippen LogP contribution in [0.3, 0.4) is 0 Å². The molecule has 2 aliphatic heterocycles. The first kappa shape index (κ1) is 13.3. The fourth-order valence-corrected chi connectivity index (χ4v) is 2.55. The van der Waals surface area contributed by atoms with Crippen LogP contribution in [-0.4, -0.2) is 61.2 Å². The van der Waals surface area contributed by atoms with Crippen molar-refractivity contribution in [2.45, 2.75) is 50.9 Å². The summed E-state index contributed by atoms with van der Waals surface area (Å²) >= 11 is 0. The monoisotopic (exact) mass is 243 g/mol. The molecular weight excluding hydrogens is 218 g/mol. The molecule has 17 heavy (non-hydrogen) atoms. The predicted octanol–water partition coefficient (Wildman–Crippen LogP) is 1.03. The Morgan fingerprint density at radius 2 is 2.06 bits per heavy atom. The minimum Gasteiger partial charge on any atom is -0.392 e. The number of piperidine rings is 1. The predicted molar refractivity (Wildman–Crippen MR) is 66.1 cm³/mol. The van der Waals surface area contributed by atoms with Crippen molar-refractivity contribution in [1.29, 1.82) is 0 Å². The van der Waals surface area contributed by atoms with Crippen LogP contribution in [0.25, 0.3) is 0 Å². The summed E-state index contributed by atoms with van der Waals surface area (Å²) in [4.78, 5) is 2.35. The second kappa shape index (κ2) is 6.69. The molecule has 1 unspecified atom stereocenters. The van der Waals surface area contributed by atoms with Crippen LogP contribution >= 0.6 is 0 Å². The largest absolute Gasteiger partial charge is 0.392 e. The van der Waals surface area contributed by atoms with Crippen LogP contribution in [0.4, 0.5) is 0 Å². The second-order valence-electron chi connectivity index (χ2n) is 5.18. The summed E-state index contributed by atoms with van der Waals surface area (Å²) in [7, 11) is 0. The molecule has 0 aliphatic carbocycles. The Kier molecular flexibility index (Phi) is 5.22. The molecule has 0 amide bonds. The van der Waals surface area contributed by atoms with Gasteiger partial charge in [0, 0.05) is 26.2 Å². The van der Waals surface area contributed by atoms with Crippen molar-refractivity contribution in [2.24, 2.45) is 0 Å². The van der Waals surface area contributed by atoms with Crippen LogP contribution in [0.15, 0.2) is 0 Å². The number of rotatable bonds is 5. The summed E-state index contributed by atoms with van der Waals surface area (Å²) in [5, 5.41) is 9.62. The van der Waals surface area contributed by atoms with Gasteiger partial charge in [-0.1, -0.05) is 6.92 Å². The van der Waals surface area contributed by atoms with Gasteiger partial charge in [-0.05, 0) is 25.7 Å². The van der Waals surface area contributed by atoms with Crippen LogP contribution < -0.4 is 0 Å². The lowest BCUT2D eigenvalue weighted by Gasteiger charge is -2.33. The Bertz CT molecular complexity index is 211. The van der Waals surface area contributed by atoms with Crippen molar-refractivity contribution in [3.05, 3.63) is 0 Å². The molecule has 2 saturated heterocycles. The van der Waals surface area contributed by atoms with Crippen molar-refractivity contribution < 1.29 is 14.6 Å². The first-order valence-corrected chi connectivity index (χ1v) is 6.91. The molecule has 0 aromatic heterocycles. The van der Waals surface area contributed by atoms with Crippen LogP contribution in [0.5, 0.6) is 0 Å². The van der Waals surface area contributed by atoms with Crippen LogP contribution in [0.2, 0.25) is 0 Å². The third-order valence-electron chi connectivity index (χ3n) is 3.75. The molecule has 0 radical (unpaired) electrons. The third kappa shape index (κ3) is 4.21. The van der Waals surface area contributed by atoms with Gasteiger partial charge in [-0.15, -0.1) is 0 Å². The summed E-state index contributed by atoms with van der Waals surface area (Å²) in [5.41, 5.74) is 0. The van der Waals surface area contributed by atoms with Gasteiger partial charge in [0.15, 0.2) is 0 Å². The van der Waals surface area contributed by atoms with Crippen molar-refractivity contribution in [3.63, 3.8) is 0 Å². The number of hydrogen-bond acceptors (Lipinski definition) is 4. The molecular formula is C13H25NO3. The maximum absolute atomic E-state index is 9.62. The van der Waals surface area contributed by atoms with Crippen molar-refractivity contribution in [1.82, 2.24) is 4.90 Å². The number of likely N-dealkylation sites (tertiary alicyclic amines) is 1. The summed E-state index contributed by atoms with van der Waals surface area (Å²) in [6.07, 6.45) is 4.63. The van der Waals surface area contributed by atoms with E-state index in [4.69, 9.17) is 9.47 Å². The van der Waals surface area contributed by atoms with Gasteiger partial charge in [0.25, 0.3) is 0 Å². The maximum atomic E-state index is 9.62. The molecule has 0 saturated carbocycles. The molecule has 0 aromatic carbocycles. The van der Waals surface area contributed by atoms with E-state index in [0.717, 1.165) is 58.5 Å². The standard InChI is InChI=1S/C13H25NO3/c1-2-11(15)9-14-6-3-12(4-7-14)17-13-5-8-16-10-13/h11-13,15H,2-10H2,1H3/t11-,13?/m1/s1. The Morgan fingerprint density at radius 3 is 2.65 bits per heavy atom. The maximum Gasteiger partial charge on any atom is 0.0834 e. The van der Waals surface area contributed by atoms with Gasteiger partial charge < -0.3 is 19.5 Å². The topological polar surface area (TPSA) is 41.9 Å². The number of β-amino-alcohol motifs (C(OH)–C–C–N with tert-alkyl or cyclic N) is 1. The van der Waals surface area contributed by atoms with Crippen LogP contribution in [0.1, 0.15) is 32.6 Å². The van der Waals surface area contributed by atoms with Gasteiger partial charge in [0.1, 0.15) is 0 Å². The lowest BCUT2D eigenvalue weighted by molar-refractivity contribution is -0.0479. The SMILES string of the molecule is CC[C@@H](O)CN1CCC(OC2CCOC2)CC1. The van der Waals surface area contributed by atoms with Crippen molar-refractivity contribution in [3.8, 4) is 0 Å². The molecule has 0 aromatic rings. The minimum absolute atomic E-state index is 0.171. The molecule has 2 heterocycles. The lowest BCUT2D eigenvalue weighted by Crippen LogP contribution is -2.41. The quantitative estimate of drug-likeness (QED) is 0.783. The first-order chi connectivity index (χ1) is 8.28. The smallest absolute Gasteiger partial charge is 0.0834 e. The van der Waals surface area contributed by atoms with Crippen LogP contribution in [0, 0.1) is 0 Å². The molecule has 2 rings (SSSR count). The van der Waals surface area contributed by atoms with Gasteiger partial charge in [-0.25, -0.2) is 0 Å². The highest BCUT2D eigenvalue weighted by atomic mass is 16.5. The molecule has 2 aliphatic rings. The van der Waals surface area contributed by atoms with Gasteiger partial charge in [-0.2, -0.15) is 0 Å². The first-order valence-electron chi connectivity index (χ1n) is 6.91. The molecule has 0 spiro atoms. The Morgan fingerprint density at radius 1 is 1.29 bits per heavy atom. The second-order valence-corrected chi connectivity index (χ2v) is 5.18. The van der Waals surface area contributed by atoms with E-state index in [-0.39, 0.29) is 6.10 Å². The summed E-state index contributed by atoms with van der Waals surface area (Å²) < 4.78 is 11.3. The molecule has 100 valence electrons. The number of hydrogen-bond donors (Lipinski definition) is 1. The molecule has 2 atom stereocenters. The number of aliphatic hydroxyl groups excluding tert-OH is 1. The zero-order valence-corrected chi connectivity index (χ0v) is 10.8. The Balaban J connectivity index is 1.63. The van der Waals surface area contributed by atoms with Crippen molar-refractivity contribution >= 4 is 0 Å². The highest BCUT2D eigenvalue weighted by Gasteiger charge is 2.25. The highest BCUT2D eigenvalue weighted by molar-refractivity contribution is 4.76. The summed E-state index contributed by atoms with van der Waals surface area (Å²) in [6.45, 7) is 6.57. The van der Waals surface area contributed by atoms with Crippen LogP contribution in [-0.2, 0) is 9.47 Å². The molecule has 1 N–H and O–H groups in total. The molecule has 4 heteroatoms. The van der Waals surface area contributed by atoms with Gasteiger partial charge in [0.2, 0.25) is 0 Å². The van der Waals surface area contributed by atoms with Gasteiger partial charge in [0.05, 0.1) is 24.9 Å². The Labute approximate surface area is 104 Å². The van der Waals surface area contributed by atoms with E-state index in [2.05, 4.69) is 4.90 Å². The summed E-state index contributed by atoms with van der Waals surface area (Å²) in [5.74, 6) is 0. The summed E-state index contributed by atoms with van der Waals surface area (Å²) in [6, 6.07) is 0. The van der Waals surface area contributed by atoms with Gasteiger partial charge >= 0.3 is 0 Å². The minimum atomic E-state index is -0.171. The van der Waals surface area contributed by atoms with Crippen molar-refractivity contribution in [2.75, 3.05) is 32.8 Å². The van der Waals surface area contributed by atoms with Gasteiger partial charge in [-0.3, -0.25) is 0 Å². The van der Waals surface area contributed by atoms with E-state index >= 15 is 0 Å². The van der Waals surface area contributed by atoms with E-state index in [1.165, 1.54) is 0 Å². The zero-order valence-electron chi connectivity index (χ0n) is 10.8. The lowest BCUT2D eigenvalue weighted by atomic mass is 10.1. The number of ether oxygens (including phenoxy) is 2. The zero-order chi connectivity index (χ0) is 12.1. The normalized spacial score (nSPS) is 29.6. The highest BCUT2D eigenvalue weighted by Crippen LogP contribution is 2.19. The molecule has 0 bridgehead atoms. The van der Waals surface area contributed by atoms with E-state index < -0.39 is 0 Å². The average molecular weight is 243 g/mol. The Hall–Kier alpha value is -0.160. The van der Waals surface area contributed by atoms with E-state index in [0.29, 0.717) is 12.2 Å². The van der Waals surface area contributed by atoms with E-state index in [1.807, 2.05) is 6.92 Å². The molecule has 2 fully saturated rings. The average Bonchev–Trinajstić information content (AvgIpc) is 2.84. The fraction of sp³-hybridized carbons (Fsp3) is 1.00. The van der Waals surface area contributed by atoms with E-state index in [9.17, 15) is 5.11 Å². The number of aliphatic hydroxyl groups is 1. The fourth-order valence-electron chi connectivity index (χ4n) is 2.55. The third-order valence-corrected chi connectivity index (χ3v) is 3.75. The molecule has 4 nitrogen and oxygen atoms in total. The number of nitrogens with zero attached hydrogens (tertiary/aromatic N) is 1.